The SMILES string of the molecule is N#CCCCS(=O)(=O)c1ccc(C(=O)NCCc2c[nH]c3cc(F)ccc23)cc1. The summed E-state index contributed by atoms with van der Waals surface area (Å²) in [6.45, 7) is 0.386. The predicted molar refractivity (Wildman–Crippen MR) is 108 cm³/mol. The molecule has 0 bridgehead atoms. The molecule has 0 radical (unpaired) electrons. The first kappa shape index (κ1) is 20.6. The Hall–Kier alpha value is -3.18. The zero-order chi connectivity index (χ0) is 20.9. The first-order chi connectivity index (χ1) is 13.9. The average Bonchev–Trinajstić information content (AvgIpc) is 3.10. The number of amides is 1. The third-order valence-corrected chi connectivity index (χ3v) is 6.40. The van der Waals surface area contributed by atoms with E-state index in [1.165, 1.54) is 36.4 Å². The number of halogens is 1. The Balaban J connectivity index is 1.57. The fraction of sp³-hybridized carbons (Fsp3) is 0.238. The molecule has 0 aliphatic rings. The van der Waals surface area contributed by atoms with Crippen LogP contribution in [0.4, 0.5) is 4.39 Å². The first-order valence-electron chi connectivity index (χ1n) is 9.14. The van der Waals surface area contributed by atoms with Gasteiger partial charge in [-0.15, -0.1) is 0 Å². The molecule has 0 aliphatic heterocycles. The average molecular weight is 413 g/mol. The van der Waals surface area contributed by atoms with Gasteiger partial charge in [-0.25, -0.2) is 12.8 Å². The highest BCUT2D eigenvalue weighted by Gasteiger charge is 2.15. The first-order valence-corrected chi connectivity index (χ1v) is 10.8. The molecule has 0 saturated heterocycles. The second-order valence-corrected chi connectivity index (χ2v) is 8.72. The van der Waals surface area contributed by atoms with Crippen molar-refractivity contribution in [3.05, 3.63) is 65.6 Å². The molecule has 8 heteroatoms. The maximum absolute atomic E-state index is 13.2. The molecule has 0 aliphatic carbocycles. The molecular formula is C21H20FN3O3S. The summed E-state index contributed by atoms with van der Waals surface area (Å²) in [5, 5.41) is 12.2. The summed E-state index contributed by atoms with van der Waals surface area (Å²) >= 11 is 0. The third-order valence-electron chi connectivity index (χ3n) is 4.59. The number of hydrogen-bond acceptors (Lipinski definition) is 4. The Kier molecular flexibility index (Phi) is 6.29. The summed E-state index contributed by atoms with van der Waals surface area (Å²) in [5.41, 5.74) is 2.04. The lowest BCUT2D eigenvalue weighted by atomic mass is 10.1. The van der Waals surface area contributed by atoms with Gasteiger partial charge in [0.05, 0.1) is 16.7 Å². The summed E-state index contributed by atoms with van der Waals surface area (Å²) in [5.74, 6) is -0.709. The quantitative estimate of drug-likeness (QED) is 0.553. The van der Waals surface area contributed by atoms with E-state index in [9.17, 15) is 17.6 Å². The zero-order valence-corrected chi connectivity index (χ0v) is 16.4. The molecule has 0 saturated carbocycles. The number of aromatic amines is 1. The van der Waals surface area contributed by atoms with E-state index >= 15 is 0 Å². The van der Waals surface area contributed by atoms with E-state index in [0.29, 0.717) is 24.0 Å². The smallest absolute Gasteiger partial charge is 0.251 e. The number of sulfone groups is 1. The number of rotatable bonds is 8. The molecule has 3 aromatic rings. The highest BCUT2D eigenvalue weighted by molar-refractivity contribution is 7.91. The van der Waals surface area contributed by atoms with Crippen molar-refractivity contribution in [3.63, 3.8) is 0 Å². The van der Waals surface area contributed by atoms with E-state index in [0.717, 1.165) is 10.9 Å². The Morgan fingerprint density at radius 3 is 2.66 bits per heavy atom. The van der Waals surface area contributed by atoms with Crippen LogP contribution in [0.3, 0.4) is 0 Å². The fourth-order valence-electron chi connectivity index (χ4n) is 3.05. The maximum Gasteiger partial charge on any atom is 0.251 e. The Morgan fingerprint density at radius 2 is 1.93 bits per heavy atom. The van der Waals surface area contributed by atoms with E-state index in [4.69, 9.17) is 5.26 Å². The zero-order valence-electron chi connectivity index (χ0n) is 15.6. The summed E-state index contributed by atoms with van der Waals surface area (Å²) < 4.78 is 37.6. The molecule has 1 heterocycles. The summed E-state index contributed by atoms with van der Waals surface area (Å²) in [6.07, 6.45) is 2.83. The number of nitrogens with zero attached hydrogens (tertiary/aromatic N) is 1. The molecule has 2 N–H and O–H groups in total. The van der Waals surface area contributed by atoms with Gasteiger partial charge in [-0.3, -0.25) is 4.79 Å². The van der Waals surface area contributed by atoms with E-state index in [2.05, 4.69) is 10.3 Å². The van der Waals surface area contributed by atoms with Gasteiger partial charge in [-0.05, 0) is 60.9 Å². The van der Waals surface area contributed by atoms with Gasteiger partial charge in [0.25, 0.3) is 5.91 Å². The van der Waals surface area contributed by atoms with Gasteiger partial charge in [0.2, 0.25) is 0 Å². The van der Waals surface area contributed by atoms with Crippen LogP contribution < -0.4 is 5.32 Å². The van der Waals surface area contributed by atoms with E-state index in [-0.39, 0.29) is 35.2 Å². The number of H-pyrrole nitrogens is 1. The molecule has 3 rings (SSSR count). The minimum atomic E-state index is -3.46. The van der Waals surface area contributed by atoms with Crippen LogP contribution in [0.5, 0.6) is 0 Å². The molecule has 1 aromatic heterocycles. The van der Waals surface area contributed by atoms with Gasteiger partial charge >= 0.3 is 0 Å². The van der Waals surface area contributed by atoms with Crippen LogP contribution in [0.2, 0.25) is 0 Å². The Labute approximate surface area is 168 Å². The fourth-order valence-corrected chi connectivity index (χ4v) is 4.36. The van der Waals surface area contributed by atoms with Gasteiger partial charge in [0.1, 0.15) is 5.82 Å². The molecule has 2 aromatic carbocycles. The largest absolute Gasteiger partial charge is 0.361 e. The molecular weight excluding hydrogens is 393 g/mol. The highest BCUT2D eigenvalue weighted by Crippen LogP contribution is 2.19. The van der Waals surface area contributed by atoms with Crippen molar-refractivity contribution in [1.82, 2.24) is 10.3 Å². The van der Waals surface area contributed by atoms with Gasteiger partial charge in [-0.2, -0.15) is 5.26 Å². The van der Waals surface area contributed by atoms with Crippen molar-refractivity contribution in [2.75, 3.05) is 12.3 Å². The maximum atomic E-state index is 13.2. The number of benzene rings is 2. The van der Waals surface area contributed by atoms with Crippen molar-refractivity contribution in [2.24, 2.45) is 0 Å². The molecule has 150 valence electrons. The van der Waals surface area contributed by atoms with Gasteiger partial charge in [0, 0.05) is 35.6 Å². The standard InChI is InChI=1S/C21H20FN3O3S/c22-17-5-8-19-16(14-25-20(19)13-17)9-11-24-21(26)15-3-6-18(7-4-15)29(27,28)12-2-1-10-23/h3-8,13-14,25H,1-2,9,11-12H2,(H,24,26). The topological polar surface area (TPSA) is 103 Å². The van der Waals surface area contributed by atoms with Crippen molar-refractivity contribution >= 4 is 26.6 Å². The second kappa shape index (κ2) is 8.88. The molecule has 0 atom stereocenters. The number of unbranched alkanes of at least 4 members (excludes halogenated alkanes) is 1. The lowest BCUT2D eigenvalue weighted by Gasteiger charge is -2.07. The number of fused-ring (bicyclic) bond motifs is 1. The Morgan fingerprint density at radius 1 is 1.17 bits per heavy atom. The lowest BCUT2D eigenvalue weighted by molar-refractivity contribution is 0.0954. The Bertz CT molecular complexity index is 1160. The van der Waals surface area contributed by atoms with Crippen LogP contribution in [-0.2, 0) is 16.3 Å². The van der Waals surface area contributed by atoms with E-state index < -0.39 is 9.84 Å². The van der Waals surface area contributed by atoms with Crippen LogP contribution in [0.25, 0.3) is 10.9 Å². The van der Waals surface area contributed by atoms with Crippen LogP contribution in [-0.4, -0.2) is 31.6 Å². The lowest BCUT2D eigenvalue weighted by Crippen LogP contribution is -2.25. The number of nitriles is 1. The number of aromatic nitrogens is 1. The molecule has 6 nitrogen and oxygen atoms in total. The molecule has 1 amide bonds. The summed E-state index contributed by atoms with van der Waals surface area (Å²) in [6, 6.07) is 12.2. The van der Waals surface area contributed by atoms with E-state index in [1.807, 2.05) is 6.07 Å². The number of carbonyl (C=O) groups excluding carboxylic acids is 1. The monoisotopic (exact) mass is 413 g/mol. The molecule has 0 unspecified atom stereocenters. The number of carbonyl (C=O) groups is 1. The molecule has 0 fully saturated rings. The van der Waals surface area contributed by atoms with Crippen molar-refractivity contribution < 1.29 is 17.6 Å². The summed E-state index contributed by atoms with van der Waals surface area (Å²) in [4.78, 5) is 15.4. The van der Waals surface area contributed by atoms with Gasteiger partial charge in [0.15, 0.2) is 9.84 Å². The van der Waals surface area contributed by atoms with Crippen molar-refractivity contribution in [2.45, 2.75) is 24.2 Å². The van der Waals surface area contributed by atoms with Crippen LogP contribution in [0.1, 0.15) is 28.8 Å². The van der Waals surface area contributed by atoms with Gasteiger partial charge in [-0.1, -0.05) is 0 Å². The normalized spacial score (nSPS) is 11.3. The van der Waals surface area contributed by atoms with Crippen molar-refractivity contribution in [1.29, 1.82) is 5.26 Å². The third kappa shape index (κ3) is 5.00. The van der Waals surface area contributed by atoms with Crippen molar-refractivity contribution in [3.8, 4) is 6.07 Å². The van der Waals surface area contributed by atoms with Gasteiger partial charge < -0.3 is 10.3 Å². The number of nitrogens with one attached hydrogen (secondary N) is 2. The van der Waals surface area contributed by atoms with Crippen LogP contribution in [0, 0.1) is 17.1 Å². The molecule has 0 spiro atoms. The minimum Gasteiger partial charge on any atom is -0.361 e. The molecule has 29 heavy (non-hydrogen) atoms. The van der Waals surface area contributed by atoms with E-state index in [1.54, 1.807) is 12.3 Å². The van der Waals surface area contributed by atoms with Crippen LogP contribution in [0.15, 0.2) is 53.6 Å². The summed E-state index contributed by atoms with van der Waals surface area (Å²) in [7, 11) is -3.46. The predicted octanol–water partition coefficient (Wildman–Crippen LogP) is 3.36. The highest BCUT2D eigenvalue weighted by atomic mass is 32.2. The number of hydrogen-bond donors (Lipinski definition) is 2. The second-order valence-electron chi connectivity index (χ2n) is 6.61. The van der Waals surface area contributed by atoms with Crippen LogP contribution >= 0.6 is 0 Å². The minimum absolute atomic E-state index is 0.0966.